The third kappa shape index (κ3) is 4.07. The van der Waals surface area contributed by atoms with Crippen molar-refractivity contribution in [2.24, 2.45) is 11.3 Å². The molecule has 0 spiro atoms. The number of rotatable bonds is 5. The van der Waals surface area contributed by atoms with E-state index in [2.05, 4.69) is 18.9 Å². The second-order valence-corrected chi connectivity index (χ2v) is 7.39. The van der Waals surface area contributed by atoms with Crippen molar-refractivity contribution in [1.82, 2.24) is 4.90 Å². The van der Waals surface area contributed by atoms with E-state index in [1.54, 1.807) is 0 Å². The molecule has 0 radical (unpaired) electrons. The lowest BCUT2D eigenvalue weighted by Gasteiger charge is -2.39. The predicted molar refractivity (Wildman–Crippen MR) is 84.9 cm³/mol. The monoisotopic (exact) mass is 279 g/mol. The summed E-state index contributed by atoms with van der Waals surface area (Å²) in [4.78, 5) is 14.2. The molecule has 0 aromatic carbocycles. The van der Waals surface area contributed by atoms with Crippen LogP contribution in [0.25, 0.3) is 0 Å². The van der Waals surface area contributed by atoms with Gasteiger partial charge in [-0.1, -0.05) is 39.0 Å². The fourth-order valence-corrected chi connectivity index (χ4v) is 4.37. The molecule has 20 heavy (non-hydrogen) atoms. The first kappa shape index (κ1) is 16.0. The fourth-order valence-electron chi connectivity index (χ4n) is 4.37. The largest absolute Gasteiger partial charge is 0.303 e. The van der Waals surface area contributed by atoms with Gasteiger partial charge in [-0.3, -0.25) is 0 Å². The SMILES string of the molecule is CCC1CCC(N(C)CC2(C=O)CCCCCC2)CC1. The zero-order valence-electron chi connectivity index (χ0n) is 13.6. The van der Waals surface area contributed by atoms with Gasteiger partial charge in [-0.05, 0) is 51.5 Å². The van der Waals surface area contributed by atoms with Crippen LogP contribution in [0.4, 0.5) is 0 Å². The Kier molecular flexibility index (Phi) is 6.07. The van der Waals surface area contributed by atoms with Crippen LogP contribution in [-0.4, -0.2) is 30.8 Å². The van der Waals surface area contributed by atoms with Crippen LogP contribution in [-0.2, 0) is 4.79 Å². The van der Waals surface area contributed by atoms with Gasteiger partial charge in [-0.25, -0.2) is 0 Å². The summed E-state index contributed by atoms with van der Waals surface area (Å²) in [5.41, 5.74) is -0.0349. The molecule has 0 saturated heterocycles. The van der Waals surface area contributed by atoms with Gasteiger partial charge in [-0.2, -0.15) is 0 Å². The maximum atomic E-state index is 11.7. The average molecular weight is 279 g/mol. The molecule has 2 nitrogen and oxygen atoms in total. The Hall–Kier alpha value is -0.370. The molecule has 2 rings (SSSR count). The molecule has 0 unspecified atom stereocenters. The summed E-state index contributed by atoms with van der Waals surface area (Å²) in [6.07, 6.45) is 15.5. The van der Waals surface area contributed by atoms with E-state index in [9.17, 15) is 4.79 Å². The van der Waals surface area contributed by atoms with Gasteiger partial charge in [0.1, 0.15) is 6.29 Å². The first-order valence-corrected chi connectivity index (χ1v) is 8.86. The van der Waals surface area contributed by atoms with E-state index in [-0.39, 0.29) is 5.41 Å². The summed E-state index contributed by atoms with van der Waals surface area (Å²) in [5.74, 6) is 0.956. The van der Waals surface area contributed by atoms with Crippen molar-refractivity contribution in [2.45, 2.75) is 83.6 Å². The highest BCUT2D eigenvalue weighted by Gasteiger charge is 2.34. The fraction of sp³-hybridized carbons (Fsp3) is 0.944. The molecule has 2 saturated carbocycles. The molecule has 0 amide bonds. The Labute approximate surface area is 125 Å². The summed E-state index contributed by atoms with van der Waals surface area (Å²) in [5, 5.41) is 0. The molecule has 2 heteroatoms. The summed E-state index contributed by atoms with van der Waals surface area (Å²) in [7, 11) is 2.26. The Morgan fingerprint density at radius 2 is 1.65 bits per heavy atom. The van der Waals surface area contributed by atoms with E-state index < -0.39 is 0 Å². The number of carbonyl (C=O) groups is 1. The molecule has 0 aliphatic heterocycles. The summed E-state index contributed by atoms with van der Waals surface area (Å²) >= 11 is 0. The molecular weight excluding hydrogens is 246 g/mol. The van der Waals surface area contributed by atoms with Gasteiger partial charge in [0.2, 0.25) is 0 Å². The van der Waals surface area contributed by atoms with Crippen LogP contribution < -0.4 is 0 Å². The van der Waals surface area contributed by atoms with Gasteiger partial charge in [0, 0.05) is 18.0 Å². The van der Waals surface area contributed by atoms with Crippen LogP contribution in [0, 0.1) is 11.3 Å². The van der Waals surface area contributed by atoms with Crippen LogP contribution in [0.1, 0.15) is 77.6 Å². The average Bonchev–Trinajstić information content (AvgIpc) is 2.73. The van der Waals surface area contributed by atoms with E-state index in [1.165, 1.54) is 64.1 Å². The van der Waals surface area contributed by atoms with Crippen LogP contribution >= 0.6 is 0 Å². The van der Waals surface area contributed by atoms with Gasteiger partial charge in [0.25, 0.3) is 0 Å². The summed E-state index contributed by atoms with van der Waals surface area (Å²) < 4.78 is 0. The van der Waals surface area contributed by atoms with Crippen LogP contribution in [0.2, 0.25) is 0 Å². The number of carbonyl (C=O) groups excluding carboxylic acids is 1. The second kappa shape index (κ2) is 7.59. The molecule has 0 aromatic rings. The maximum absolute atomic E-state index is 11.7. The molecule has 116 valence electrons. The lowest BCUT2D eigenvalue weighted by Crippen LogP contribution is -2.43. The molecule has 0 atom stereocenters. The van der Waals surface area contributed by atoms with Gasteiger partial charge in [0.15, 0.2) is 0 Å². The number of hydrogen-bond donors (Lipinski definition) is 0. The van der Waals surface area contributed by atoms with E-state index in [0.717, 1.165) is 31.3 Å². The summed E-state index contributed by atoms with van der Waals surface area (Å²) in [6.45, 7) is 3.32. The highest BCUT2D eigenvalue weighted by molar-refractivity contribution is 5.59. The minimum Gasteiger partial charge on any atom is -0.303 e. The number of aldehydes is 1. The molecule has 0 aromatic heterocycles. The zero-order valence-corrected chi connectivity index (χ0v) is 13.6. The topological polar surface area (TPSA) is 20.3 Å². The van der Waals surface area contributed by atoms with Crippen molar-refractivity contribution in [3.63, 3.8) is 0 Å². The standard InChI is InChI=1S/C18H33NO/c1-3-16-8-10-17(11-9-16)19(2)14-18(15-20)12-6-4-5-7-13-18/h15-17H,3-14H2,1-2H3. The van der Waals surface area contributed by atoms with Crippen molar-refractivity contribution >= 4 is 6.29 Å². The lowest BCUT2D eigenvalue weighted by atomic mass is 9.79. The molecule has 0 bridgehead atoms. The Morgan fingerprint density at radius 1 is 1.05 bits per heavy atom. The Morgan fingerprint density at radius 3 is 2.15 bits per heavy atom. The predicted octanol–water partition coefficient (Wildman–Crippen LogP) is 4.43. The molecular formula is C18H33NO. The molecule has 0 heterocycles. The van der Waals surface area contributed by atoms with Crippen molar-refractivity contribution in [1.29, 1.82) is 0 Å². The van der Waals surface area contributed by atoms with Crippen molar-refractivity contribution in [2.75, 3.05) is 13.6 Å². The number of hydrogen-bond acceptors (Lipinski definition) is 2. The van der Waals surface area contributed by atoms with E-state index >= 15 is 0 Å². The smallest absolute Gasteiger partial charge is 0.127 e. The van der Waals surface area contributed by atoms with E-state index in [1.807, 2.05) is 0 Å². The van der Waals surface area contributed by atoms with Gasteiger partial charge < -0.3 is 9.69 Å². The van der Waals surface area contributed by atoms with Crippen molar-refractivity contribution < 1.29 is 4.79 Å². The van der Waals surface area contributed by atoms with Gasteiger partial charge in [-0.15, -0.1) is 0 Å². The Balaban J connectivity index is 1.88. The minimum absolute atomic E-state index is 0.0349. The highest BCUT2D eigenvalue weighted by atomic mass is 16.1. The third-order valence-corrected chi connectivity index (χ3v) is 5.93. The first-order chi connectivity index (χ1) is 9.69. The van der Waals surface area contributed by atoms with E-state index in [0.29, 0.717) is 0 Å². The second-order valence-electron chi connectivity index (χ2n) is 7.39. The van der Waals surface area contributed by atoms with Crippen molar-refractivity contribution in [3.05, 3.63) is 0 Å². The highest BCUT2D eigenvalue weighted by Crippen LogP contribution is 2.36. The molecule has 2 fully saturated rings. The third-order valence-electron chi connectivity index (χ3n) is 5.93. The zero-order chi connectivity index (χ0) is 14.4. The van der Waals surface area contributed by atoms with E-state index in [4.69, 9.17) is 0 Å². The number of nitrogens with zero attached hydrogens (tertiary/aromatic N) is 1. The maximum Gasteiger partial charge on any atom is 0.127 e. The van der Waals surface area contributed by atoms with Crippen LogP contribution in [0.3, 0.4) is 0 Å². The normalized spacial score (nSPS) is 30.9. The van der Waals surface area contributed by atoms with Crippen LogP contribution in [0.5, 0.6) is 0 Å². The summed E-state index contributed by atoms with van der Waals surface area (Å²) in [6, 6.07) is 0.720. The van der Waals surface area contributed by atoms with Gasteiger partial charge >= 0.3 is 0 Å². The van der Waals surface area contributed by atoms with Crippen LogP contribution in [0.15, 0.2) is 0 Å². The minimum atomic E-state index is -0.0349. The lowest BCUT2D eigenvalue weighted by molar-refractivity contribution is -0.118. The van der Waals surface area contributed by atoms with Gasteiger partial charge in [0.05, 0.1) is 0 Å². The first-order valence-electron chi connectivity index (χ1n) is 8.86. The molecule has 2 aliphatic carbocycles. The quantitative estimate of drug-likeness (QED) is 0.548. The molecule has 2 aliphatic rings. The van der Waals surface area contributed by atoms with Crippen molar-refractivity contribution in [3.8, 4) is 0 Å². The molecule has 0 N–H and O–H groups in total. The Bertz CT molecular complexity index is 286.